The average Bonchev–Trinajstić information content (AvgIpc) is 2.53. The van der Waals surface area contributed by atoms with Crippen LogP contribution in [0, 0.1) is 0 Å². The molecule has 0 saturated carbocycles. The van der Waals surface area contributed by atoms with E-state index < -0.39 is 0 Å². The summed E-state index contributed by atoms with van der Waals surface area (Å²) in [6.45, 7) is 2.53. The van der Waals surface area contributed by atoms with Crippen molar-refractivity contribution in [2.75, 3.05) is 13.7 Å². The third kappa shape index (κ3) is 4.24. The molecule has 0 amide bonds. The molecular formula is C17H18O4. The predicted molar refractivity (Wildman–Crippen MR) is 79.7 cm³/mol. The van der Waals surface area contributed by atoms with Crippen LogP contribution < -0.4 is 9.47 Å². The number of rotatable bonds is 6. The second-order valence-corrected chi connectivity index (χ2v) is 4.39. The molecule has 4 heteroatoms. The largest absolute Gasteiger partial charge is 0.497 e. The highest BCUT2D eigenvalue weighted by Gasteiger charge is 2.07. The van der Waals surface area contributed by atoms with Crippen molar-refractivity contribution in [2.45, 2.75) is 13.5 Å². The van der Waals surface area contributed by atoms with Crippen LogP contribution in [0.5, 0.6) is 11.5 Å². The smallest absolute Gasteiger partial charge is 0.338 e. The third-order valence-corrected chi connectivity index (χ3v) is 2.88. The Kier molecular flexibility index (Phi) is 5.21. The van der Waals surface area contributed by atoms with Gasteiger partial charge in [0.2, 0.25) is 0 Å². The number of hydrogen-bond acceptors (Lipinski definition) is 4. The van der Waals surface area contributed by atoms with Gasteiger partial charge in [0.05, 0.1) is 19.3 Å². The molecular weight excluding hydrogens is 268 g/mol. The van der Waals surface area contributed by atoms with Gasteiger partial charge in [-0.25, -0.2) is 4.79 Å². The van der Waals surface area contributed by atoms with E-state index in [1.54, 1.807) is 26.2 Å². The third-order valence-electron chi connectivity index (χ3n) is 2.88. The maximum atomic E-state index is 11.7. The Morgan fingerprint density at radius 3 is 2.57 bits per heavy atom. The zero-order valence-corrected chi connectivity index (χ0v) is 12.2. The number of esters is 1. The number of hydrogen-bond donors (Lipinski definition) is 0. The summed E-state index contributed by atoms with van der Waals surface area (Å²) in [6, 6.07) is 14.6. The Balaban J connectivity index is 2.02. The zero-order valence-electron chi connectivity index (χ0n) is 12.2. The number of carbonyl (C=O) groups is 1. The Morgan fingerprint density at radius 1 is 1.05 bits per heavy atom. The lowest BCUT2D eigenvalue weighted by Gasteiger charge is -2.09. The molecule has 0 atom stereocenters. The van der Waals surface area contributed by atoms with E-state index in [9.17, 15) is 4.79 Å². The number of methoxy groups -OCH3 is 1. The van der Waals surface area contributed by atoms with Crippen LogP contribution in [0.15, 0.2) is 48.5 Å². The highest BCUT2D eigenvalue weighted by atomic mass is 16.5. The van der Waals surface area contributed by atoms with Gasteiger partial charge in [-0.1, -0.05) is 18.2 Å². The van der Waals surface area contributed by atoms with Gasteiger partial charge in [-0.15, -0.1) is 0 Å². The van der Waals surface area contributed by atoms with Gasteiger partial charge in [0.1, 0.15) is 18.1 Å². The first kappa shape index (κ1) is 14.9. The average molecular weight is 286 g/mol. The fraction of sp³-hybridized carbons (Fsp3) is 0.235. The first-order chi connectivity index (χ1) is 10.2. The molecule has 0 aliphatic heterocycles. The number of ether oxygens (including phenoxy) is 3. The standard InChI is InChI=1S/C17H18O4/c1-3-20-17(18)14-7-4-6-13(10-14)12-21-16-9-5-8-15(11-16)19-2/h4-11H,3,12H2,1-2H3. The first-order valence-corrected chi connectivity index (χ1v) is 6.76. The Morgan fingerprint density at radius 2 is 1.81 bits per heavy atom. The second-order valence-electron chi connectivity index (χ2n) is 4.39. The van der Waals surface area contributed by atoms with Crippen LogP contribution in [0.25, 0.3) is 0 Å². The van der Waals surface area contributed by atoms with Crippen molar-refractivity contribution in [3.05, 3.63) is 59.7 Å². The van der Waals surface area contributed by atoms with Crippen LogP contribution in [-0.4, -0.2) is 19.7 Å². The van der Waals surface area contributed by atoms with Gasteiger partial charge in [0, 0.05) is 6.07 Å². The molecule has 21 heavy (non-hydrogen) atoms. The molecule has 4 nitrogen and oxygen atoms in total. The molecule has 110 valence electrons. The molecule has 2 aromatic rings. The summed E-state index contributed by atoms with van der Waals surface area (Å²) in [5, 5.41) is 0. The van der Waals surface area contributed by atoms with E-state index in [1.165, 1.54) is 0 Å². The Labute approximate surface area is 124 Å². The van der Waals surface area contributed by atoms with Gasteiger partial charge in [-0.3, -0.25) is 0 Å². The van der Waals surface area contributed by atoms with Gasteiger partial charge >= 0.3 is 5.97 Å². The molecule has 0 fully saturated rings. The topological polar surface area (TPSA) is 44.8 Å². The van der Waals surface area contributed by atoms with Gasteiger partial charge in [0.25, 0.3) is 0 Å². The Hall–Kier alpha value is -2.49. The maximum Gasteiger partial charge on any atom is 0.338 e. The van der Waals surface area contributed by atoms with Crippen LogP contribution in [0.1, 0.15) is 22.8 Å². The fourth-order valence-electron chi connectivity index (χ4n) is 1.86. The summed E-state index contributed by atoms with van der Waals surface area (Å²) < 4.78 is 15.8. The van der Waals surface area contributed by atoms with Crippen LogP contribution in [0.2, 0.25) is 0 Å². The van der Waals surface area contributed by atoms with Crippen molar-refractivity contribution in [3.63, 3.8) is 0 Å². The van der Waals surface area contributed by atoms with E-state index in [0.717, 1.165) is 17.1 Å². The maximum absolute atomic E-state index is 11.7. The molecule has 0 unspecified atom stereocenters. The molecule has 0 aromatic heterocycles. The fourth-order valence-corrected chi connectivity index (χ4v) is 1.86. The van der Waals surface area contributed by atoms with Crippen LogP contribution in [0.3, 0.4) is 0 Å². The van der Waals surface area contributed by atoms with E-state index in [1.807, 2.05) is 36.4 Å². The van der Waals surface area contributed by atoms with E-state index in [-0.39, 0.29) is 5.97 Å². The zero-order chi connectivity index (χ0) is 15.1. The van der Waals surface area contributed by atoms with E-state index in [4.69, 9.17) is 14.2 Å². The molecule has 0 aliphatic carbocycles. The van der Waals surface area contributed by atoms with Crippen molar-refractivity contribution >= 4 is 5.97 Å². The Bertz CT molecular complexity index is 607. The first-order valence-electron chi connectivity index (χ1n) is 6.76. The van der Waals surface area contributed by atoms with Crippen molar-refractivity contribution in [1.82, 2.24) is 0 Å². The second kappa shape index (κ2) is 7.33. The summed E-state index contributed by atoms with van der Waals surface area (Å²) in [7, 11) is 1.61. The van der Waals surface area contributed by atoms with Crippen LogP contribution in [-0.2, 0) is 11.3 Å². The van der Waals surface area contributed by atoms with Crippen molar-refractivity contribution in [2.24, 2.45) is 0 Å². The predicted octanol–water partition coefficient (Wildman–Crippen LogP) is 3.45. The molecule has 0 saturated heterocycles. The molecule has 0 bridgehead atoms. The molecule has 2 rings (SSSR count). The molecule has 0 N–H and O–H groups in total. The minimum Gasteiger partial charge on any atom is -0.497 e. The molecule has 0 spiro atoms. The van der Waals surface area contributed by atoms with Crippen molar-refractivity contribution in [1.29, 1.82) is 0 Å². The highest BCUT2D eigenvalue weighted by Crippen LogP contribution is 2.20. The SMILES string of the molecule is CCOC(=O)c1cccc(COc2cccc(OC)c2)c1. The molecule has 2 aromatic carbocycles. The highest BCUT2D eigenvalue weighted by molar-refractivity contribution is 5.89. The lowest BCUT2D eigenvalue weighted by atomic mass is 10.1. The monoisotopic (exact) mass is 286 g/mol. The van der Waals surface area contributed by atoms with E-state index in [2.05, 4.69) is 0 Å². The number of benzene rings is 2. The lowest BCUT2D eigenvalue weighted by Crippen LogP contribution is -2.05. The summed E-state index contributed by atoms with van der Waals surface area (Å²) in [6.07, 6.45) is 0. The summed E-state index contributed by atoms with van der Waals surface area (Å²) in [5.41, 5.74) is 1.44. The summed E-state index contributed by atoms with van der Waals surface area (Å²) in [5.74, 6) is 1.14. The van der Waals surface area contributed by atoms with Gasteiger partial charge < -0.3 is 14.2 Å². The quantitative estimate of drug-likeness (QED) is 0.763. The van der Waals surface area contributed by atoms with Crippen molar-refractivity contribution in [3.8, 4) is 11.5 Å². The normalized spacial score (nSPS) is 10.0. The number of carbonyl (C=O) groups excluding carboxylic acids is 1. The minimum absolute atomic E-state index is 0.319. The van der Waals surface area contributed by atoms with Gasteiger partial charge in [-0.2, -0.15) is 0 Å². The lowest BCUT2D eigenvalue weighted by molar-refractivity contribution is 0.0526. The summed E-state index contributed by atoms with van der Waals surface area (Å²) in [4.78, 5) is 11.7. The van der Waals surface area contributed by atoms with E-state index in [0.29, 0.717) is 18.8 Å². The molecule has 0 radical (unpaired) electrons. The van der Waals surface area contributed by atoms with E-state index >= 15 is 0 Å². The summed E-state index contributed by atoms with van der Waals surface area (Å²) >= 11 is 0. The van der Waals surface area contributed by atoms with Crippen LogP contribution >= 0.6 is 0 Å². The molecule has 0 aliphatic rings. The van der Waals surface area contributed by atoms with Crippen LogP contribution in [0.4, 0.5) is 0 Å². The minimum atomic E-state index is -0.319. The van der Waals surface area contributed by atoms with Gasteiger partial charge in [-0.05, 0) is 36.8 Å². The van der Waals surface area contributed by atoms with Gasteiger partial charge in [0.15, 0.2) is 0 Å². The molecule has 0 heterocycles. The van der Waals surface area contributed by atoms with Crippen molar-refractivity contribution < 1.29 is 19.0 Å².